The molecule has 0 bridgehead atoms. The molecule has 2 amide bonds. The zero-order valence-corrected chi connectivity index (χ0v) is 16.8. The Bertz CT molecular complexity index is 796. The molecule has 8 nitrogen and oxygen atoms in total. The highest BCUT2D eigenvalue weighted by Gasteiger charge is 2.39. The first-order valence-electron chi connectivity index (χ1n) is 8.82. The van der Waals surface area contributed by atoms with Crippen molar-refractivity contribution in [2.24, 2.45) is 0 Å². The van der Waals surface area contributed by atoms with Crippen molar-refractivity contribution in [3.05, 3.63) is 24.3 Å². The van der Waals surface area contributed by atoms with E-state index in [4.69, 9.17) is 4.74 Å². The molecule has 0 aromatic heterocycles. The van der Waals surface area contributed by atoms with Crippen LogP contribution in [0.25, 0.3) is 0 Å². The van der Waals surface area contributed by atoms with Crippen LogP contribution < -0.4 is 15.4 Å². The van der Waals surface area contributed by atoms with E-state index in [1.807, 2.05) is 6.92 Å². The van der Waals surface area contributed by atoms with Gasteiger partial charge in [0.25, 0.3) is 0 Å². The molecule has 1 heterocycles. The minimum atomic E-state index is -3.10. The zero-order valence-electron chi connectivity index (χ0n) is 15.9. The van der Waals surface area contributed by atoms with E-state index < -0.39 is 15.4 Å². The molecule has 0 radical (unpaired) electrons. The second-order valence-electron chi connectivity index (χ2n) is 7.03. The second kappa shape index (κ2) is 8.71. The van der Waals surface area contributed by atoms with E-state index in [-0.39, 0.29) is 36.4 Å². The topological polar surface area (TPSA) is 105 Å². The van der Waals surface area contributed by atoms with E-state index in [9.17, 15) is 18.0 Å². The Balaban J connectivity index is 1.87. The number of benzene rings is 1. The lowest BCUT2D eigenvalue weighted by Crippen LogP contribution is -2.51. The molecule has 1 saturated heterocycles. The van der Waals surface area contributed by atoms with Crippen molar-refractivity contribution in [2.45, 2.75) is 25.8 Å². The van der Waals surface area contributed by atoms with Gasteiger partial charge in [-0.2, -0.15) is 0 Å². The van der Waals surface area contributed by atoms with Crippen LogP contribution in [0.2, 0.25) is 0 Å². The summed E-state index contributed by atoms with van der Waals surface area (Å²) in [6.07, 6.45) is 0.406. The van der Waals surface area contributed by atoms with Crippen LogP contribution in [-0.2, 0) is 19.4 Å². The number of nitrogens with zero attached hydrogens (tertiary/aromatic N) is 1. The van der Waals surface area contributed by atoms with Crippen LogP contribution >= 0.6 is 0 Å². The van der Waals surface area contributed by atoms with Gasteiger partial charge < -0.3 is 15.4 Å². The molecule has 0 spiro atoms. The number of anilines is 1. The monoisotopic (exact) mass is 397 g/mol. The van der Waals surface area contributed by atoms with E-state index >= 15 is 0 Å². The van der Waals surface area contributed by atoms with E-state index in [1.165, 1.54) is 0 Å². The van der Waals surface area contributed by atoms with Crippen molar-refractivity contribution in [1.82, 2.24) is 10.2 Å². The molecule has 2 N–H and O–H groups in total. The van der Waals surface area contributed by atoms with Crippen molar-refractivity contribution in [3.63, 3.8) is 0 Å². The van der Waals surface area contributed by atoms with Gasteiger partial charge in [-0.3, -0.25) is 14.5 Å². The molecule has 0 saturated carbocycles. The Morgan fingerprint density at radius 3 is 2.56 bits per heavy atom. The second-order valence-corrected chi connectivity index (χ2v) is 9.22. The van der Waals surface area contributed by atoms with Crippen molar-refractivity contribution in [2.75, 3.05) is 43.6 Å². The normalized spacial score (nSPS) is 21.0. The van der Waals surface area contributed by atoms with Crippen LogP contribution in [0.5, 0.6) is 5.75 Å². The number of amides is 2. The summed E-state index contributed by atoms with van der Waals surface area (Å²) in [5.74, 6) is 0.149. The van der Waals surface area contributed by atoms with Gasteiger partial charge in [0.1, 0.15) is 5.75 Å². The number of likely N-dealkylation sites (N-methyl/N-ethyl adjacent to an activating group) is 1. The Morgan fingerprint density at radius 1 is 1.26 bits per heavy atom. The molecular weight excluding hydrogens is 370 g/mol. The quantitative estimate of drug-likeness (QED) is 0.667. The van der Waals surface area contributed by atoms with Gasteiger partial charge in [-0.25, -0.2) is 8.42 Å². The molecule has 0 unspecified atom stereocenters. The van der Waals surface area contributed by atoms with Gasteiger partial charge in [-0.15, -0.1) is 0 Å². The van der Waals surface area contributed by atoms with Crippen LogP contribution in [0.15, 0.2) is 24.3 Å². The lowest BCUT2D eigenvalue weighted by atomic mass is 10.0. The zero-order chi connectivity index (χ0) is 20.1. The predicted molar refractivity (Wildman–Crippen MR) is 104 cm³/mol. The van der Waals surface area contributed by atoms with E-state index in [0.29, 0.717) is 24.4 Å². The Kier molecular flexibility index (Phi) is 6.83. The molecule has 1 aromatic rings. The van der Waals surface area contributed by atoms with Crippen LogP contribution in [0.3, 0.4) is 0 Å². The molecule has 2 rings (SSSR count). The first kappa shape index (κ1) is 21.2. The maximum Gasteiger partial charge on any atom is 0.238 e. The van der Waals surface area contributed by atoms with Crippen molar-refractivity contribution < 1.29 is 22.7 Å². The molecule has 1 aromatic carbocycles. The van der Waals surface area contributed by atoms with Crippen LogP contribution in [0.4, 0.5) is 5.69 Å². The van der Waals surface area contributed by atoms with Gasteiger partial charge in [-0.05, 0) is 32.0 Å². The minimum absolute atomic E-state index is 0.0255. The fraction of sp³-hybridized carbons (Fsp3) is 0.556. The average molecular weight is 397 g/mol. The summed E-state index contributed by atoms with van der Waals surface area (Å²) in [7, 11) is -1.55. The van der Waals surface area contributed by atoms with Crippen molar-refractivity contribution >= 4 is 27.3 Å². The van der Waals surface area contributed by atoms with Crippen LogP contribution in [-0.4, -0.2) is 68.9 Å². The maximum absolute atomic E-state index is 12.3. The summed E-state index contributed by atoms with van der Waals surface area (Å²) < 4.78 is 28.4. The fourth-order valence-electron chi connectivity index (χ4n) is 3.07. The standard InChI is InChI=1S/C18H27N3O5S/c1-4-21(11-16(22)19-14-6-5-7-15(10-14)26-3)12-17(23)20-18(2)8-9-27(24,25)13-18/h5-7,10H,4,8-9,11-13H2,1-3H3,(H,19,22)(H,20,23)/t18-/m1/s1. The maximum atomic E-state index is 12.3. The SMILES string of the molecule is CCN(CC(=O)Nc1cccc(OC)c1)CC(=O)N[C@]1(C)CCS(=O)(=O)C1. The lowest BCUT2D eigenvalue weighted by molar-refractivity contribution is -0.124. The molecule has 0 aliphatic carbocycles. The van der Waals surface area contributed by atoms with E-state index in [1.54, 1.807) is 43.2 Å². The molecule has 1 aliphatic heterocycles. The number of methoxy groups -OCH3 is 1. The third kappa shape index (κ3) is 6.51. The van der Waals surface area contributed by atoms with Gasteiger partial charge >= 0.3 is 0 Å². The number of carbonyl (C=O) groups is 2. The summed E-state index contributed by atoms with van der Waals surface area (Å²) in [5, 5.41) is 5.58. The molecule has 1 atom stereocenters. The third-order valence-corrected chi connectivity index (χ3v) is 6.38. The highest BCUT2D eigenvalue weighted by molar-refractivity contribution is 7.91. The Hall–Kier alpha value is -2.13. The van der Waals surface area contributed by atoms with E-state index in [2.05, 4.69) is 10.6 Å². The molecule has 9 heteroatoms. The third-order valence-electron chi connectivity index (χ3n) is 4.48. The molecular formula is C18H27N3O5S. The number of nitrogens with one attached hydrogen (secondary N) is 2. The number of hydrogen-bond donors (Lipinski definition) is 2. The first-order valence-corrected chi connectivity index (χ1v) is 10.6. The summed E-state index contributed by atoms with van der Waals surface area (Å²) in [5.41, 5.74) is -0.124. The van der Waals surface area contributed by atoms with E-state index in [0.717, 1.165) is 0 Å². The number of hydrogen-bond acceptors (Lipinski definition) is 6. The highest BCUT2D eigenvalue weighted by atomic mass is 32.2. The number of carbonyl (C=O) groups excluding carboxylic acids is 2. The first-order chi connectivity index (χ1) is 12.6. The van der Waals surface area contributed by atoms with Gasteiger partial charge in [-0.1, -0.05) is 13.0 Å². The summed E-state index contributed by atoms with van der Waals surface area (Å²) in [6.45, 7) is 4.18. The van der Waals surface area contributed by atoms with Gasteiger partial charge in [0, 0.05) is 11.8 Å². The number of rotatable bonds is 8. The summed E-state index contributed by atoms with van der Waals surface area (Å²) >= 11 is 0. The number of sulfone groups is 1. The van der Waals surface area contributed by atoms with Gasteiger partial charge in [0.15, 0.2) is 9.84 Å². The Labute approximate surface area is 160 Å². The average Bonchev–Trinajstić information content (AvgIpc) is 2.86. The predicted octanol–water partition coefficient (Wildman–Crippen LogP) is 0.649. The summed E-state index contributed by atoms with van der Waals surface area (Å²) in [6, 6.07) is 7.02. The molecule has 1 fully saturated rings. The van der Waals surface area contributed by atoms with Gasteiger partial charge in [0.05, 0.1) is 37.2 Å². The molecule has 1 aliphatic rings. The molecule has 150 valence electrons. The fourth-order valence-corrected chi connectivity index (χ4v) is 5.17. The largest absolute Gasteiger partial charge is 0.497 e. The highest BCUT2D eigenvalue weighted by Crippen LogP contribution is 2.22. The van der Waals surface area contributed by atoms with Crippen molar-refractivity contribution in [3.8, 4) is 5.75 Å². The molecule has 27 heavy (non-hydrogen) atoms. The lowest BCUT2D eigenvalue weighted by Gasteiger charge is -2.26. The smallest absolute Gasteiger partial charge is 0.238 e. The summed E-state index contributed by atoms with van der Waals surface area (Å²) in [4.78, 5) is 26.3. The van der Waals surface area contributed by atoms with Gasteiger partial charge in [0.2, 0.25) is 11.8 Å². The van der Waals surface area contributed by atoms with Crippen LogP contribution in [0.1, 0.15) is 20.3 Å². The minimum Gasteiger partial charge on any atom is -0.497 e. The number of ether oxygens (including phenoxy) is 1. The van der Waals surface area contributed by atoms with Crippen LogP contribution in [0, 0.1) is 0 Å². The van der Waals surface area contributed by atoms with Crippen molar-refractivity contribution in [1.29, 1.82) is 0 Å². The Morgan fingerprint density at radius 2 is 1.96 bits per heavy atom.